The van der Waals surface area contributed by atoms with E-state index >= 15 is 0 Å². The molecule has 21 heavy (non-hydrogen) atoms. The molecule has 2 aromatic carbocycles. The van der Waals surface area contributed by atoms with Crippen LogP contribution in [0.25, 0.3) is 0 Å². The standard InChI is InChI=1S/C16H15BrN2O2/c1-2-21-15-6-4-3-5-13(15)11-18-19-16(20)12-7-9-14(17)10-8-12/h3-11H,2H2,1H3,(H,19,20)/b18-11+. The number of hydrogen-bond donors (Lipinski definition) is 1. The van der Waals surface area contributed by atoms with Crippen molar-refractivity contribution in [2.75, 3.05) is 6.61 Å². The number of carbonyl (C=O) groups is 1. The third-order valence-electron chi connectivity index (χ3n) is 2.69. The van der Waals surface area contributed by atoms with Gasteiger partial charge in [0.2, 0.25) is 0 Å². The fraction of sp³-hybridized carbons (Fsp3) is 0.125. The number of carbonyl (C=O) groups excluding carboxylic acids is 1. The number of halogens is 1. The van der Waals surface area contributed by atoms with Crippen molar-refractivity contribution in [3.05, 3.63) is 64.1 Å². The van der Waals surface area contributed by atoms with E-state index in [9.17, 15) is 4.79 Å². The topological polar surface area (TPSA) is 50.7 Å². The highest BCUT2D eigenvalue weighted by Gasteiger charge is 2.03. The summed E-state index contributed by atoms with van der Waals surface area (Å²) >= 11 is 3.33. The Morgan fingerprint density at radius 1 is 1.24 bits per heavy atom. The van der Waals surface area contributed by atoms with Crippen molar-refractivity contribution >= 4 is 28.1 Å². The molecule has 1 amide bonds. The number of ether oxygens (including phenoxy) is 1. The van der Waals surface area contributed by atoms with Gasteiger partial charge in [-0.1, -0.05) is 28.1 Å². The maximum absolute atomic E-state index is 11.9. The molecule has 2 rings (SSSR count). The van der Waals surface area contributed by atoms with Crippen molar-refractivity contribution in [3.8, 4) is 5.75 Å². The molecule has 0 aliphatic heterocycles. The Bertz CT molecular complexity index is 639. The van der Waals surface area contributed by atoms with Crippen LogP contribution in [0.15, 0.2) is 58.1 Å². The zero-order chi connectivity index (χ0) is 15.1. The molecule has 0 saturated heterocycles. The van der Waals surface area contributed by atoms with Crippen molar-refractivity contribution < 1.29 is 9.53 Å². The molecule has 0 atom stereocenters. The Morgan fingerprint density at radius 3 is 2.67 bits per heavy atom. The normalized spacial score (nSPS) is 10.6. The van der Waals surface area contributed by atoms with E-state index in [-0.39, 0.29) is 5.91 Å². The largest absolute Gasteiger partial charge is 0.493 e. The molecule has 108 valence electrons. The number of nitrogens with one attached hydrogen (secondary N) is 1. The highest BCUT2D eigenvalue weighted by Crippen LogP contribution is 2.15. The van der Waals surface area contributed by atoms with Gasteiger partial charge in [0.05, 0.1) is 12.8 Å². The van der Waals surface area contributed by atoms with Crippen molar-refractivity contribution in [3.63, 3.8) is 0 Å². The summed E-state index contributed by atoms with van der Waals surface area (Å²) in [6, 6.07) is 14.6. The minimum atomic E-state index is -0.257. The number of nitrogens with zero attached hydrogens (tertiary/aromatic N) is 1. The van der Waals surface area contributed by atoms with Crippen LogP contribution < -0.4 is 10.2 Å². The number of rotatable bonds is 5. The summed E-state index contributed by atoms with van der Waals surface area (Å²) in [5.74, 6) is 0.481. The number of hydrazone groups is 1. The molecule has 0 aliphatic rings. The zero-order valence-electron chi connectivity index (χ0n) is 11.5. The molecule has 0 aromatic heterocycles. The van der Waals surface area contributed by atoms with Crippen LogP contribution >= 0.6 is 15.9 Å². The first-order valence-electron chi connectivity index (χ1n) is 6.51. The predicted octanol–water partition coefficient (Wildman–Crippen LogP) is 3.61. The van der Waals surface area contributed by atoms with Crippen LogP contribution in [-0.2, 0) is 0 Å². The van der Waals surface area contributed by atoms with Gasteiger partial charge in [-0.15, -0.1) is 0 Å². The maximum atomic E-state index is 11.9. The Hall–Kier alpha value is -2.14. The second-order valence-corrected chi connectivity index (χ2v) is 5.09. The number of benzene rings is 2. The monoisotopic (exact) mass is 346 g/mol. The molecular formula is C16H15BrN2O2. The van der Waals surface area contributed by atoms with Gasteiger partial charge in [0.15, 0.2) is 0 Å². The molecular weight excluding hydrogens is 332 g/mol. The third kappa shape index (κ3) is 4.43. The summed E-state index contributed by atoms with van der Waals surface area (Å²) < 4.78 is 6.41. The minimum absolute atomic E-state index is 0.257. The summed E-state index contributed by atoms with van der Waals surface area (Å²) in [5, 5.41) is 3.97. The van der Waals surface area contributed by atoms with E-state index in [1.807, 2.05) is 43.3 Å². The maximum Gasteiger partial charge on any atom is 0.271 e. The van der Waals surface area contributed by atoms with Crippen LogP contribution in [-0.4, -0.2) is 18.7 Å². The summed E-state index contributed by atoms with van der Waals surface area (Å²) in [6.45, 7) is 2.50. The summed E-state index contributed by atoms with van der Waals surface area (Å²) in [7, 11) is 0. The van der Waals surface area contributed by atoms with Crippen molar-refractivity contribution in [2.45, 2.75) is 6.92 Å². The molecule has 0 bridgehead atoms. The first-order chi connectivity index (χ1) is 10.2. The Kier molecular flexibility index (Phi) is 5.51. The number of amides is 1. The van der Waals surface area contributed by atoms with Crippen LogP contribution in [0.1, 0.15) is 22.8 Å². The quantitative estimate of drug-likeness (QED) is 0.664. The van der Waals surface area contributed by atoms with E-state index < -0.39 is 0 Å². The van der Waals surface area contributed by atoms with E-state index in [2.05, 4.69) is 26.5 Å². The van der Waals surface area contributed by atoms with Gasteiger partial charge in [-0.05, 0) is 43.3 Å². The van der Waals surface area contributed by atoms with Crippen LogP contribution in [0, 0.1) is 0 Å². The Labute approximate surface area is 132 Å². The van der Waals surface area contributed by atoms with E-state index in [1.165, 1.54) is 0 Å². The van der Waals surface area contributed by atoms with E-state index in [4.69, 9.17) is 4.74 Å². The van der Waals surface area contributed by atoms with E-state index in [1.54, 1.807) is 18.3 Å². The van der Waals surface area contributed by atoms with Crippen LogP contribution in [0.2, 0.25) is 0 Å². The second-order valence-electron chi connectivity index (χ2n) is 4.18. The molecule has 5 heteroatoms. The first-order valence-corrected chi connectivity index (χ1v) is 7.31. The van der Waals surface area contributed by atoms with Gasteiger partial charge in [-0.2, -0.15) is 5.10 Å². The highest BCUT2D eigenvalue weighted by atomic mass is 79.9. The predicted molar refractivity (Wildman–Crippen MR) is 86.8 cm³/mol. The highest BCUT2D eigenvalue weighted by molar-refractivity contribution is 9.10. The molecule has 0 heterocycles. The van der Waals surface area contributed by atoms with Crippen LogP contribution in [0.4, 0.5) is 0 Å². The number of hydrogen-bond acceptors (Lipinski definition) is 3. The van der Waals surface area contributed by atoms with Crippen LogP contribution in [0.5, 0.6) is 5.75 Å². The van der Waals surface area contributed by atoms with E-state index in [0.29, 0.717) is 12.2 Å². The molecule has 0 saturated carbocycles. The second kappa shape index (κ2) is 7.59. The van der Waals surface area contributed by atoms with Gasteiger partial charge in [0.25, 0.3) is 5.91 Å². The summed E-state index contributed by atoms with van der Waals surface area (Å²) in [4.78, 5) is 11.9. The fourth-order valence-electron chi connectivity index (χ4n) is 1.70. The summed E-state index contributed by atoms with van der Waals surface area (Å²) in [5.41, 5.74) is 3.86. The first kappa shape index (κ1) is 15.3. The van der Waals surface area contributed by atoms with Gasteiger partial charge in [-0.3, -0.25) is 4.79 Å². The minimum Gasteiger partial charge on any atom is -0.493 e. The molecule has 4 nitrogen and oxygen atoms in total. The van der Waals surface area contributed by atoms with Crippen molar-refractivity contribution in [1.82, 2.24) is 5.43 Å². The Morgan fingerprint density at radius 2 is 1.95 bits per heavy atom. The summed E-state index contributed by atoms with van der Waals surface area (Å²) in [6.07, 6.45) is 1.57. The van der Waals surface area contributed by atoms with E-state index in [0.717, 1.165) is 15.8 Å². The molecule has 0 unspecified atom stereocenters. The van der Waals surface area contributed by atoms with Crippen LogP contribution in [0.3, 0.4) is 0 Å². The molecule has 0 fully saturated rings. The lowest BCUT2D eigenvalue weighted by Crippen LogP contribution is -2.17. The average Bonchev–Trinajstić information content (AvgIpc) is 2.50. The molecule has 0 aliphatic carbocycles. The van der Waals surface area contributed by atoms with Crippen molar-refractivity contribution in [1.29, 1.82) is 0 Å². The van der Waals surface area contributed by atoms with Gasteiger partial charge in [-0.25, -0.2) is 5.43 Å². The molecule has 1 N–H and O–H groups in total. The lowest BCUT2D eigenvalue weighted by Gasteiger charge is -2.05. The van der Waals surface area contributed by atoms with Gasteiger partial charge >= 0.3 is 0 Å². The lowest BCUT2D eigenvalue weighted by molar-refractivity contribution is 0.0955. The SMILES string of the molecule is CCOc1ccccc1/C=N/NC(=O)c1ccc(Br)cc1. The molecule has 2 aromatic rings. The average molecular weight is 347 g/mol. The fourth-order valence-corrected chi connectivity index (χ4v) is 1.96. The Balaban J connectivity index is 2.02. The zero-order valence-corrected chi connectivity index (χ0v) is 13.1. The van der Waals surface area contributed by atoms with Crippen molar-refractivity contribution in [2.24, 2.45) is 5.10 Å². The number of para-hydroxylation sites is 1. The van der Waals surface area contributed by atoms with Gasteiger partial charge < -0.3 is 4.74 Å². The molecule has 0 radical (unpaired) electrons. The van der Waals surface area contributed by atoms with Gasteiger partial charge in [0, 0.05) is 15.6 Å². The molecule has 0 spiro atoms. The lowest BCUT2D eigenvalue weighted by atomic mass is 10.2. The third-order valence-corrected chi connectivity index (χ3v) is 3.22. The smallest absolute Gasteiger partial charge is 0.271 e. The van der Waals surface area contributed by atoms with Gasteiger partial charge in [0.1, 0.15) is 5.75 Å².